The van der Waals surface area contributed by atoms with Gasteiger partial charge < -0.3 is 5.32 Å². The summed E-state index contributed by atoms with van der Waals surface area (Å²) in [4.78, 5) is 3.91. The number of nitrogens with zero attached hydrogens (tertiary/aromatic N) is 3. The van der Waals surface area contributed by atoms with Crippen LogP contribution in [-0.2, 0) is 6.54 Å². The van der Waals surface area contributed by atoms with Gasteiger partial charge in [-0.05, 0) is 32.7 Å². The van der Waals surface area contributed by atoms with E-state index in [1.807, 2.05) is 4.68 Å². The first-order valence-electron chi connectivity index (χ1n) is 5.38. The molecular formula is C10H20N4. The van der Waals surface area contributed by atoms with Crippen molar-refractivity contribution in [3.63, 3.8) is 0 Å². The van der Waals surface area contributed by atoms with Gasteiger partial charge in [-0.3, -0.25) is 4.68 Å². The second kappa shape index (κ2) is 6.54. The Hall–Kier alpha value is -0.900. The first-order chi connectivity index (χ1) is 6.83. The molecule has 1 unspecified atom stereocenters. The van der Waals surface area contributed by atoms with Crippen molar-refractivity contribution in [1.82, 2.24) is 20.1 Å². The minimum atomic E-state index is 0.610. The fourth-order valence-corrected chi connectivity index (χ4v) is 1.40. The Kier molecular flexibility index (Phi) is 5.22. The van der Waals surface area contributed by atoms with Gasteiger partial charge in [-0.1, -0.05) is 6.92 Å². The van der Waals surface area contributed by atoms with Crippen LogP contribution in [0.5, 0.6) is 0 Å². The van der Waals surface area contributed by atoms with E-state index in [4.69, 9.17) is 0 Å². The highest BCUT2D eigenvalue weighted by atomic mass is 15.3. The first-order valence-corrected chi connectivity index (χ1v) is 5.38. The standard InChI is InChI=1S/C10H20N4/c1-3-6-12-10(2)5-4-7-14-9-11-8-13-14/h8-10,12H,3-7H2,1-2H3. The summed E-state index contributed by atoms with van der Waals surface area (Å²) in [6.45, 7) is 6.51. The highest BCUT2D eigenvalue weighted by Crippen LogP contribution is 1.98. The molecule has 0 aromatic carbocycles. The zero-order valence-electron chi connectivity index (χ0n) is 9.11. The van der Waals surface area contributed by atoms with Crippen molar-refractivity contribution >= 4 is 0 Å². The van der Waals surface area contributed by atoms with Crippen molar-refractivity contribution in [2.75, 3.05) is 6.54 Å². The largest absolute Gasteiger partial charge is 0.314 e. The Morgan fingerprint density at radius 1 is 1.50 bits per heavy atom. The second-order valence-electron chi connectivity index (χ2n) is 3.66. The third-order valence-corrected chi connectivity index (χ3v) is 2.23. The van der Waals surface area contributed by atoms with Gasteiger partial charge in [-0.15, -0.1) is 0 Å². The highest BCUT2D eigenvalue weighted by molar-refractivity contribution is 4.61. The van der Waals surface area contributed by atoms with Gasteiger partial charge in [0.2, 0.25) is 0 Å². The third kappa shape index (κ3) is 4.37. The van der Waals surface area contributed by atoms with E-state index in [2.05, 4.69) is 29.2 Å². The Bertz CT molecular complexity index is 220. The SMILES string of the molecule is CCCNC(C)CCCn1cncn1. The van der Waals surface area contributed by atoms with E-state index in [1.165, 1.54) is 12.8 Å². The van der Waals surface area contributed by atoms with Crippen LogP contribution in [0.25, 0.3) is 0 Å². The lowest BCUT2D eigenvalue weighted by molar-refractivity contribution is 0.463. The summed E-state index contributed by atoms with van der Waals surface area (Å²) in [5.74, 6) is 0. The molecule has 1 N–H and O–H groups in total. The van der Waals surface area contributed by atoms with Crippen LogP contribution in [0.2, 0.25) is 0 Å². The Labute approximate surface area is 85.7 Å². The normalized spacial score (nSPS) is 13.0. The molecule has 4 nitrogen and oxygen atoms in total. The number of aryl methyl sites for hydroxylation is 1. The monoisotopic (exact) mass is 196 g/mol. The average molecular weight is 196 g/mol. The average Bonchev–Trinajstić information content (AvgIpc) is 2.67. The Morgan fingerprint density at radius 2 is 2.36 bits per heavy atom. The van der Waals surface area contributed by atoms with Crippen LogP contribution >= 0.6 is 0 Å². The van der Waals surface area contributed by atoms with Crippen LogP contribution in [0.4, 0.5) is 0 Å². The minimum Gasteiger partial charge on any atom is -0.314 e. The van der Waals surface area contributed by atoms with E-state index in [1.54, 1.807) is 12.7 Å². The van der Waals surface area contributed by atoms with Crippen LogP contribution in [0.3, 0.4) is 0 Å². The van der Waals surface area contributed by atoms with Gasteiger partial charge in [0, 0.05) is 12.6 Å². The summed E-state index contributed by atoms with van der Waals surface area (Å²) in [5, 5.41) is 7.53. The molecule has 0 aliphatic carbocycles. The molecule has 1 aromatic rings. The predicted molar refractivity (Wildman–Crippen MR) is 57.0 cm³/mol. The number of hydrogen-bond donors (Lipinski definition) is 1. The van der Waals surface area contributed by atoms with E-state index in [-0.39, 0.29) is 0 Å². The molecule has 4 heteroatoms. The number of hydrogen-bond acceptors (Lipinski definition) is 3. The zero-order chi connectivity index (χ0) is 10.2. The van der Waals surface area contributed by atoms with E-state index in [0.29, 0.717) is 6.04 Å². The maximum Gasteiger partial charge on any atom is 0.137 e. The van der Waals surface area contributed by atoms with E-state index < -0.39 is 0 Å². The number of aromatic nitrogens is 3. The first kappa shape index (κ1) is 11.2. The minimum absolute atomic E-state index is 0.610. The molecule has 0 spiro atoms. The van der Waals surface area contributed by atoms with Crippen LogP contribution in [0.1, 0.15) is 33.1 Å². The molecule has 1 heterocycles. The maximum absolute atomic E-state index is 4.06. The van der Waals surface area contributed by atoms with Crippen molar-refractivity contribution in [1.29, 1.82) is 0 Å². The predicted octanol–water partition coefficient (Wildman–Crippen LogP) is 1.45. The third-order valence-electron chi connectivity index (χ3n) is 2.23. The van der Waals surface area contributed by atoms with E-state index in [9.17, 15) is 0 Å². The van der Waals surface area contributed by atoms with Crippen LogP contribution in [-0.4, -0.2) is 27.4 Å². The number of nitrogens with one attached hydrogen (secondary N) is 1. The van der Waals surface area contributed by atoms with Crippen molar-refractivity contribution in [2.45, 2.75) is 45.7 Å². The summed E-state index contributed by atoms with van der Waals surface area (Å²) < 4.78 is 1.88. The lowest BCUT2D eigenvalue weighted by Crippen LogP contribution is -2.26. The van der Waals surface area contributed by atoms with Gasteiger partial charge in [0.1, 0.15) is 12.7 Å². The fraction of sp³-hybridized carbons (Fsp3) is 0.800. The van der Waals surface area contributed by atoms with Crippen LogP contribution < -0.4 is 5.32 Å². The smallest absolute Gasteiger partial charge is 0.137 e. The van der Waals surface area contributed by atoms with Gasteiger partial charge in [-0.2, -0.15) is 5.10 Å². The van der Waals surface area contributed by atoms with Crippen molar-refractivity contribution in [3.8, 4) is 0 Å². The summed E-state index contributed by atoms with van der Waals surface area (Å²) in [7, 11) is 0. The number of rotatable bonds is 7. The maximum atomic E-state index is 4.06. The van der Waals surface area contributed by atoms with Crippen LogP contribution in [0.15, 0.2) is 12.7 Å². The second-order valence-corrected chi connectivity index (χ2v) is 3.66. The summed E-state index contributed by atoms with van der Waals surface area (Å²) in [6.07, 6.45) is 6.90. The van der Waals surface area contributed by atoms with Crippen molar-refractivity contribution < 1.29 is 0 Å². The van der Waals surface area contributed by atoms with Crippen molar-refractivity contribution in [2.24, 2.45) is 0 Å². The molecule has 80 valence electrons. The summed E-state index contributed by atoms with van der Waals surface area (Å²) in [5.41, 5.74) is 0. The summed E-state index contributed by atoms with van der Waals surface area (Å²) >= 11 is 0. The van der Waals surface area contributed by atoms with E-state index >= 15 is 0 Å². The molecule has 14 heavy (non-hydrogen) atoms. The molecule has 0 amide bonds. The van der Waals surface area contributed by atoms with Crippen LogP contribution in [0, 0.1) is 0 Å². The molecule has 0 radical (unpaired) electrons. The zero-order valence-corrected chi connectivity index (χ0v) is 9.11. The Morgan fingerprint density at radius 3 is 3.00 bits per heavy atom. The molecule has 0 aliphatic rings. The highest BCUT2D eigenvalue weighted by Gasteiger charge is 2.00. The van der Waals surface area contributed by atoms with Gasteiger partial charge in [0.25, 0.3) is 0 Å². The van der Waals surface area contributed by atoms with Crippen molar-refractivity contribution in [3.05, 3.63) is 12.7 Å². The summed E-state index contributed by atoms with van der Waals surface area (Å²) in [6, 6.07) is 0.610. The fourth-order valence-electron chi connectivity index (χ4n) is 1.40. The van der Waals surface area contributed by atoms with Gasteiger partial charge >= 0.3 is 0 Å². The molecule has 1 atom stereocenters. The molecule has 0 fully saturated rings. The Balaban J connectivity index is 2.03. The lowest BCUT2D eigenvalue weighted by Gasteiger charge is -2.12. The molecule has 0 bridgehead atoms. The van der Waals surface area contributed by atoms with Gasteiger partial charge in [0.05, 0.1) is 0 Å². The van der Waals surface area contributed by atoms with Gasteiger partial charge in [-0.25, -0.2) is 4.98 Å². The molecule has 1 rings (SSSR count). The quantitative estimate of drug-likeness (QED) is 0.717. The molecule has 0 saturated carbocycles. The lowest BCUT2D eigenvalue weighted by atomic mass is 10.2. The molecular weight excluding hydrogens is 176 g/mol. The molecule has 0 saturated heterocycles. The molecule has 0 aliphatic heterocycles. The molecule has 1 aromatic heterocycles. The van der Waals surface area contributed by atoms with Gasteiger partial charge in [0.15, 0.2) is 0 Å². The topological polar surface area (TPSA) is 42.7 Å². The van der Waals surface area contributed by atoms with E-state index in [0.717, 1.165) is 19.5 Å².